The molecule has 0 aliphatic rings. The van der Waals surface area contributed by atoms with E-state index < -0.39 is 5.82 Å². The van der Waals surface area contributed by atoms with Crippen molar-refractivity contribution in [3.05, 3.63) is 52.6 Å². The molecule has 0 saturated carbocycles. The van der Waals surface area contributed by atoms with Crippen molar-refractivity contribution in [2.24, 2.45) is 0 Å². The number of hydrogen-bond donors (Lipinski definition) is 0. The van der Waals surface area contributed by atoms with Gasteiger partial charge >= 0.3 is 0 Å². The summed E-state index contributed by atoms with van der Waals surface area (Å²) < 4.78 is 24.2. The van der Waals surface area contributed by atoms with E-state index >= 15 is 0 Å². The van der Waals surface area contributed by atoms with Crippen LogP contribution in [-0.4, -0.2) is 18.4 Å². The van der Waals surface area contributed by atoms with Crippen molar-refractivity contribution in [3.8, 4) is 11.5 Å². The monoisotopic (exact) mass is 289 g/mol. The van der Waals surface area contributed by atoms with Crippen molar-refractivity contribution in [1.29, 1.82) is 0 Å². The van der Waals surface area contributed by atoms with Crippen molar-refractivity contribution in [2.75, 3.05) is 7.11 Å². The second-order valence-electron chi connectivity index (χ2n) is 4.67. The van der Waals surface area contributed by atoms with Gasteiger partial charge in [0.1, 0.15) is 30.2 Å². The SMILES string of the molecule is COc1c(C)cnc(COc2cc(F)cc(C=O)c2)c1C. The number of methoxy groups -OCH3 is 1. The molecule has 0 atom stereocenters. The van der Waals surface area contributed by atoms with Crippen LogP contribution in [0, 0.1) is 19.7 Å². The van der Waals surface area contributed by atoms with E-state index in [2.05, 4.69) is 4.98 Å². The molecule has 0 spiro atoms. The average Bonchev–Trinajstić information content (AvgIpc) is 2.46. The van der Waals surface area contributed by atoms with Crippen LogP contribution < -0.4 is 9.47 Å². The van der Waals surface area contributed by atoms with Gasteiger partial charge < -0.3 is 9.47 Å². The van der Waals surface area contributed by atoms with Crippen LogP contribution in [0.2, 0.25) is 0 Å². The summed E-state index contributed by atoms with van der Waals surface area (Å²) in [5.41, 5.74) is 2.75. The lowest BCUT2D eigenvalue weighted by Crippen LogP contribution is -2.04. The number of carbonyl (C=O) groups is 1. The Morgan fingerprint density at radius 3 is 2.71 bits per heavy atom. The van der Waals surface area contributed by atoms with E-state index in [4.69, 9.17) is 9.47 Å². The Labute approximate surface area is 122 Å². The number of benzene rings is 1. The molecule has 0 bridgehead atoms. The number of aryl methyl sites for hydroxylation is 1. The quantitative estimate of drug-likeness (QED) is 0.793. The summed E-state index contributed by atoms with van der Waals surface area (Å²) in [6.07, 6.45) is 2.28. The highest BCUT2D eigenvalue weighted by Gasteiger charge is 2.10. The fourth-order valence-corrected chi connectivity index (χ4v) is 2.10. The van der Waals surface area contributed by atoms with E-state index in [0.717, 1.165) is 22.9 Å². The molecule has 0 aliphatic heterocycles. The van der Waals surface area contributed by atoms with E-state index in [1.807, 2.05) is 13.8 Å². The first-order chi connectivity index (χ1) is 10.0. The zero-order valence-electron chi connectivity index (χ0n) is 12.1. The number of ether oxygens (including phenoxy) is 2. The van der Waals surface area contributed by atoms with Crippen LogP contribution in [0.5, 0.6) is 11.5 Å². The highest BCUT2D eigenvalue weighted by Crippen LogP contribution is 2.25. The van der Waals surface area contributed by atoms with Gasteiger partial charge in [-0.1, -0.05) is 0 Å². The zero-order chi connectivity index (χ0) is 15.4. The van der Waals surface area contributed by atoms with Crippen molar-refractivity contribution >= 4 is 6.29 Å². The minimum absolute atomic E-state index is 0.171. The first kappa shape index (κ1) is 15.0. The van der Waals surface area contributed by atoms with Crippen LogP contribution in [0.25, 0.3) is 0 Å². The largest absolute Gasteiger partial charge is 0.496 e. The van der Waals surface area contributed by atoms with Crippen LogP contribution in [-0.2, 0) is 6.61 Å². The van der Waals surface area contributed by atoms with Gasteiger partial charge in [0.05, 0.1) is 12.8 Å². The number of halogens is 1. The Morgan fingerprint density at radius 2 is 2.05 bits per heavy atom. The van der Waals surface area contributed by atoms with Crippen LogP contribution in [0.4, 0.5) is 4.39 Å². The Morgan fingerprint density at radius 1 is 1.29 bits per heavy atom. The fourth-order valence-electron chi connectivity index (χ4n) is 2.10. The summed E-state index contributed by atoms with van der Waals surface area (Å²) in [7, 11) is 1.60. The fraction of sp³-hybridized carbons (Fsp3) is 0.250. The summed E-state index contributed by atoms with van der Waals surface area (Å²) in [6, 6.07) is 3.86. The maximum Gasteiger partial charge on any atom is 0.150 e. The molecule has 4 nitrogen and oxygen atoms in total. The van der Waals surface area contributed by atoms with E-state index in [9.17, 15) is 9.18 Å². The highest BCUT2D eigenvalue weighted by molar-refractivity contribution is 5.75. The van der Waals surface area contributed by atoms with Gasteiger partial charge in [-0.25, -0.2) is 4.39 Å². The topological polar surface area (TPSA) is 48.4 Å². The third kappa shape index (κ3) is 3.37. The Bertz CT molecular complexity index is 671. The predicted molar refractivity (Wildman–Crippen MR) is 76.4 cm³/mol. The Kier molecular flexibility index (Phi) is 4.52. The summed E-state index contributed by atoms with van der Waals surface area (Å²) in [5, 5.41) is 0. The average molecular weight is 289 g/mol. The molecule has 1 heterocycles. The van der Waals surface area contributed by atoms with Gasteiger partial charge in [0.2, 0.25) is 0 Å². The molecule has 21 heavy (non-hydrogen) atoms. The molecule has 0 aliphatic carbocycles. The Balaban J connectivity index is 2.20. The maximum atomic E-state index is 13.3. The highest BCUT2D eigenvalue weighted by atomic mass is 19.1. The first-order valence-corrected chi connectivity index (χ1v) is 6.42. The Hall–Kier alpha value is -2.43. The molecule has 0 fully saturated rings. The van der Waals surface area contributed by atoms with Crippen LogP contribution in [0.1, 0.15) is 27.2 Å². The van der Waals surface area contributed by atoms with Crippen LogP contribution in [0.3, 0.4) is 0 Å². The second kappa shape index (κ2) is 6.35. The van der Waals surface area contributed by atoms with Crippen molar-refractivity contribution in [1.82, 2.24) is 4.98 Å². The molecule has 1 aromatic carbocycles. The standard InChI is InChI=1S/C16H16FNO3/c1-10-7-18-15(11(2)16(10)20-3)9-21-14-5-12(8-19)4-13(17)6-14/h4-8H,9H2,1-3H3. The van der Waals surface area contributed by atoms with Gasteiger partial charge in [-0.3, -0.25) is 9.78 Å². The van der Waals surface area contributed by atoms with E-state index in [1.165, 1.54) is 12.1 Å². The molecule has 2 rings (SSSR count). The number of carbonyl (C=O) groups excluding carboxylic acids is 1. The molecular weight excluding hydrogens is 273 g/mol. The van der Waals surface area contributed by atoms with Gasteiger partial charge in [0.25, 0.3) is 0 Å². The molecular formula is C16H16FNO3. The molecule has 0 unspecified atom stereocenters. The van der Waals surface area contributed by atoms with E-state index in [1.54, 1.807) is 13.3 Å². The minimum Gasteiger partial charge on any atom is -0.496 e. The molecule has 0 amide bonds. The lowest BCUT2D eigenvalue weighted by atomic mass is 10.1. The molecule has 110 valence electrons. The van der Waals surface area contributed by atoms with Gasteiger partial charge in [-0.15, -0.1) is 0 Å². The maximum absolute atomic E-state index is 13.3. The smallest absolute Gasteiger partial charge is 0.150 e. The minimum atomic E-state index is -0.513. The summed E-state index contributed by atoms with van der Waals surface area (Å²) >= 11 is 0. The third-order valence-electron chi connectivity index (χ3n) is 3.16. The molecule has 0 radical (unpaired) electrons. The zero-order valence-corrected chi connectivity index (χ0v) is 12.1. The number of aromatic nitrogens is 1. The molecule has 5 heteroatoms. The summed E-state index contributed by atoms with van der Waals surface area (Å²) in [5.74, 6) is 0.537. The van der Waals surface area contributed by atoms with Crippen molar-refractivity contribution < 1.29 is 18.7 Å². The normalized spacial score (nSPS) is 10.3. The van der Waals surface area contributed by atoms with Crippen molar-refractivity contribution in [2.45, 2.75) is 20.5 Å². The number of hydrogen-bond acceptors (Lipinski definition) is 4. The first-order valence-electron chi connectivity index (χ1n) is 6.42. The number of rotatable bonds is 5. The van der Waals surface area contributed by atoms with Gasteiger partial charge in [0, 0.05) is 29.0 Å². The van der Waals surface area contributed by atoms with Gasteiger partial charge in [-0.05, 0) is 26.0 Å². The molecule has 1 aromatic heterocycles. The van der Waals surface area contributed by atoms with Crippen LogP contribution >= 0.6 is 0 Å². The number of nitrogens with zero attached hydrogens (tertiary/aromatic N) is 1. The lowest BCUT2D eigenvalue weighted by molar-refractivity contribution is 0.112. The second-order valence-corrected chi connectivity index (χ2v) is 4.67. The third-order valence-corrected chi connectivity index (χ3v) is 3.16. The summed E-state index contributed by atoms with van der Waals surface area (Å²) in [4.78, 5) is 15.0. The van der Waals surface area contributed by atoms with Gasteiger partial charge in [0.15, 0.2) is 0 Å². The van der Waals surface area contributed by atoms with Crippen molar-refractivity contribution in [3.63, 3.8) is 0 Å². The number of aldehydes is 1. The predicted octanol–water partition coefficient (Wildman–Crippen LogP) is 3.24. The van der Waals surface area contributed by atoms with E-state index in [0.29, 0.717) is 12.0 Å². The molecule has 2 aromatic rings. The van der Waals surface area contributed by atoms with E-state index in [-0.39, 0.29) is 17.9 Å². The molecule has 0 saturated heterocycles. The summed E-state index contributed by atoms with van der Waals surface area (Å²) in [6.45, 7) is 3.97. The van der Waals surface area contributed by atoms with Crippen LogP contribution in [0.15, 0.2) is 24.4 Å². The number of pyridine rings is 1. The van der Waals surface area contributed by atoms with Gasteiger partial charge in [-0.2, -0.15) is 0 Å². The molecule has 0 N–H and O–H groups in total. The lowest BCUT2D eigenvalue weighted by Gasteiger charge is -2.13.